The molecule has 12 heteroatoms. The van der Waals surface area contributed by atoms with E-state index < -0.39 is 66.3 Å². The zero-order valence-corrected chi connectivity index (χ0v) is 24.3. The van der Waals surface area contributed by atoms with E-state index in [1.54, 1.807) is 32.9 Å². The van der Waals surface area contributed by atoms with Crippen molar-refractivity contribution in [2.45, 2.75) is 82.4 Å². The van der Waals surface area contributed by atoms with Gasteiger partial charge in [-0.2, -0.15) is 0 Å². The van der Waals surface area contributed by atoms with Gasteiger partial charge in [-0.3, -0.25) is 14.4 Å². The van der Waals surface area contributed by atoms with E-state index in [1.807, 2.05) is 0 Å². The predicted molar refractivity (Wildman–Crippen MR) is 149 cm³/mol. The first-order chi connectivity index (χ1) is 20.4. The maximum atomic E-state index is 13.7. The van der Waals surface area contributed by atoms with Crippen LogP contribution in [-0.2, 0) is 25.4 Å². The monoisotopic (exact) mass is 597 g/mol. The van der Waals surface area contributed by atoms with E-state index in [0.717, 1.165) is 0 Å². The van der Waals surface area contributed by atoms with Crippen LogP contribution in [0.1, 0.15) is 82.7 Å². The fraction of sp³-hybridized carbons (Fsp3) is 0.484. The number of aliphatic hydroxyl groups excluding tert-OH is 2. The van der Waals surface area contributed by atoms with E-state index in [9.17, 15) is 34.5 Å². The summed E-state index contributed by atoms with van der Waals surface area (Å²) in [4.78, 5) is 52.2. The molecule has 2 aliphatic carbocycles. The fourth-order valence-electron chi connectivity index (χ4n) is 6.04. The van der Waals surface area contributed by atoms with E-state index in [2.05, 4.69) is 5.32 Å². The third-order valence-corrected chi connectivity index (χ3v) is 8.17. The molecule has 2 aromatic rings. The minimum atomic E-state index is -2.03. The molecule has 12 nitrogen and oxygen atoms in total. The Kier molecular flexibility index (Phi) is 8.43. The summed E-state index contributed by atoms with van der Waals surface area (Å²) in [7, 11) is 1.41. The van der Waals surface area contributed by atoms with Crippen LogP contribution in [0.3, 0.4) is 0 Å². The van der Waals surface area contributed by atoms with Gasteiger partial charge in [0.25, 0.3) is 0 Å². The summed E-state index contributed by atoms with van der Waals surface area (Å²) in [5.74, 6) is -1.40. The molecule has 0 spiro atoms. The van der Waals surface area contributed by atoms with E-state index in [0.29, 0.717) is 11.1 Å². The Labute approximate surface area is 247 Å². The zero-order chi connectivity index (χ0) is 31.2. The van der Waals surface area contributed by atoms with Crippen molar-refractivity contribution in [3.05, 3.63) is 63.7 Å². The summed E-state index contributed by atoms with van der Waals surface area (Å²) in [6.45, 7) is 4.07. The Morgan fingerprint density at radius 2 is 1.86 bits per heavy atom. The summed E-state index contributed by atoms with van der Waals surface area (Å²) < 4.78 is 22.7. The number of nitrogens with one attached hydrogen (secondary N) is 1. The maximum Gasteiger partial charge on any atom is 0.407 e. The number of amides is 1. The van der Waals surface area contributed by atoms with Crippen molar-refractivity contribution in [2.24, 2.45) is 0 Å². The Hall–Kier alpha value is -3.68. The molecule has 1 aliphatic heterocycles. The normalized spacial score (nSPS) is 28.0. The van der Waals surface area contributed by atoms with Gasteiger partial charge in [-0.1, -0.05) is 12.1 Å². The van der Waals surface area contributed by atoms with Crippen LogP contribution in [0.25, 0.3) is 0 Å². The van der Waals surface area contributed by atoms with Gasteiger partial charge < -0.3 is 39.6 Å². The third kappa shape index (κ3) is 5.68. The topological polar surface area (TPSA) is 178 Å². The van der Waals surface area contributed by atoms with Crippen molar-refractivity contribution in [1.82, 2.24) is 5.32 Å². The van der Waals surface area contributed by atoms with Gasteiger partial charge in [-0.15, -0.1) is 0 Å². The predicted octanol–water partition coefficient (Wildman–Crippen LogP) is 1.77. The number of Topliss-reactive ketones (excluding diaryl/α,β-unsaturated/α-hetero) is 1. The molecular formula is C31H35NO11. The molecule has 1 fully saturated rings. The number of fused-ring (bicyclic) bond motifs is 3. The number of hydrogen-bond donors (Lipinski definition) is 4. The van der Waals surface area contributed by atoms with Gasteiger partial charge in [0.1, 0.15) is 24.1 Å². The fourth-order valence-corrected chi connectivity index (χ4v) is 6.04. The summed E-state index contributed by atoms with van der Waals surface area (Å²) in [5.41, 5.74) is -0.615. The van der Waals surface area contributed by atoms with Crippen LogP contribution >= 0.6 is 0 Å². The van der Waals surface area contributed by atoms with Crippen molar-refractivity contribution in [3.63, 3.8) is 0 Å². The van der Waals surface area contributed by atoms with Gasteiger partial charge in [0.05, 0.1) is 37.0 Å². The lowest BCUT2D eigenvalue weighted by Crippen LogP contribution is -2.56. The number of carbonyl (C=O) groups excluding carboxylic acids is 4. The molecular weight excluding hydrogens is 562 g/mol. The van der Waals surface area contributed by atoms with Crippen molar-refractivity contribution < 1.29 is 53.4 Å². The molecule has 1 amide bonds. The number of ketones is 3. The van der Waals surface area contributed by atoms with Crippen molar-refractivity contribution in [2.75, 3.05) is 13.7 Å². The van der Waals surface area contributed by atoms with Crippen LogP contribution in [0.4, 0.5) is 4.79 Å². The highest BCUT2D eigenvalue weighted by Crippen LogP contribution is 2.44. The number of alkyl carbamates (subject to hydrolysis) is 1. The Morgan fingerprint density at radius 1 is 1.14 bits per heavy atom. The molecule has 3 aliphatic rings. The molecule has 0 bridgehead atoms. The minimum absolute atomic E-state index is 0.00381. The van der Waals surface area contributed by atoms with Gasteiger partial charge >= 0.3 is 6.09 Å². The Balaban J connectivity index is 1.51. The lowest BCUT2D eigenvalue weighted by Gasteiger charge is -2.42. The second kappa shape index (κ2) is 11.8. The molecule has 43 heavy (non-hydrogen) atoms. The van der Waals surface area contributed by atoms with Gasteiger partial charge in [0.15, 0.2) is 23.6 Å². The smallest absolute Gasteiger partial charge is 0.407 e. The molecule has 0 saturated carbocycles. The van der Waals surface area contributed by atoms with Gasteiger partial charge in [0, 0.05) is 36.0 Å². The molecule has 1 saturated heterocycles. The number of rotatable bonds is 7. The standard InChI is InChI=1S/C31H35NO11/c1-14(2)41-30(38)32-21-10-25(42-15(3)27(21)35)43-23-12-31(39,24(34)13-33)11-16-8-19-20(9-18(16)23)29(37)26-17(28(19)36)6-5-7-22(26)40-4/h5-9,14-15,21,23,25,27,33,35,39H,10-13H2,1-4H3,(H,32,38)/t15-,21+,23-,25-,27+,31-/m0/s1. The number of aliphatic hydroxyl groups is 3. The Bertz CT molecular complexity index is 1470. The van der Waals surface area contributed by atoms with Crippen LogP contribution in [0, 0.1) is 0 Å². The largest absolute Gasteiger partial charge is 0.496 e. The first-order valence-electron chi connectivity index (χ1n) is 14.1. The number of carbonyl (C=O) groups is 4. The number of benzene rings is 2. The molecule has 5 rings (SSSR count). The second-order valence-corrected chi connectivity index (χ2v) is 11.5. The number of ether oxygens (including phenoxy) is 4. The molecule has 0 unspecified atom stereocenters. The summed E-state index contributed by atoms with van der Waals surface area (Å²) >= 11 is 0. The lowest BCUT2D eigenvalue weighted by molar-refractivity contribution is -0.249. The van der Waals surface area contributed by atoms with Crippen LogP contribution in [0.2, 0.25) is 0 Å². The molecule has 1 heterocycles. The average Bonchev–Trinajstić information content (AvgIpc) is 2.96. The average molecular weight is 598 g/mol. The molecule has 6 atom stereocenters. The summed E-state index contributed by atoms with van der Waals surface area (Å²) in [6.07, 6.45) is -5.46. The molecule has 4 N–H and O–H groups in total. The highest BCUT2D eigenvalue weighted by atomic mass is 16.7. The summed E-state index contributed by atoms with van der Waals surface area (Å²) in [5, 5.41) is 34.3. The third-order valence-electron chi connectivity index (χ3n) is 8.17. The highest BCUT2D eigenvalue weighted by molar-refractivity contribution is 6.29. The SMILES string of the molecule is COc1cccc2c1C(=O)c1cc3c(cc1C2=O)C[C@@](O)(C(=O)CO)C[C@@H]3O[C@H]1C[C@@H](NC(=O)OC(C)C)[C@H](O)[C@H](C)O1. The number of hydrogen-bond acceptors (Lipinski definition) is 11. The van der Waals surface area contributed by atoms with Crippen LogP contribution in [0.5, 0.6) is 5.75 Å². The van der Waals surface area contributed by atoms with Crippen molar-refractivity contribution >= 4 is 23.4 Å². The molecule has 2 aromatic carbocycles. The van der Waals surface area contributed by atoms with Crippen LogP contribution < -0.4 is 10.1 Å². The molecule has 0 radical (unpaired) electrons. The van der Waals surface area contributed by atoms with Crippen LogP contribution in [-0.4, -0.2) is 88.7 Å². The lowest BCUT2D eigenvalue weighted by atomic mass is 9.73. The minimum Gasteiger partial charge on any atom is -0.496 e. The maximum absolute atomic E-state index is 13.7. The van der Waals surface area contributed by atoms with E-state index >= 15 is 0 Å². The van der Waals surface area contributed by atoms with Gasteiger partial charge in [0.2, 0.25) is 0 Å². The second-order valence-electron chi connectivity index (χ2n) is 11.5. The molecule has 230 valence electrons. The number of methoxy groups -OCH3 is 1. The quantitative estimate of drug-likeness (QED) is 0.312. The molecule has 0 aromatic heterocycles. The zero-order valence-electron chi connectivity index (χ0n) is 24.3. The van der Waals surface area contributed by atoms with Crippen molar-refractivity contribution in [3.8, 4) is 5.75 Å². The van der Waals surface area contributed by atoms with E-state index in [4.69, 9.17) is 18.9 Å². The Morgan fingerprint density at radius 3 is 2.53 bits per heavy atom. The first-order valence-corrected chi connectivity index (χ1v) is 14.1. The van der Waals surface area contributed by atoms with E-state index in [-0.39, 0.29) is 53.4 Å². The van der Waals surface area contributed by atoms with Crippen LogP contribution in [0.15, 0.2) is 30.3 Å². The summed E-state index contributed by atoms with van der Waals surface area (Å²) in [6, 6.07) is 6.96. The van der Waals surface area contributed by atoms with Gasteiger partial charge in [-0.05, 0) is 50.1 Å². The van der Waals surface area contributed by atoms with Crippen molar-refractivity contribution in [1.29, 1.82) is 0 Å². The van der Waals surface area contributed by atoms with Gasteiger partial charge in [-0.25, -0.2) is 4.79 Å². The highest BCUT2D eigenvalue weighted by Gasteiger charge is 2.47. The van der Waals surface area contributed by atoms with E-state index in [1.165, 1.54) is 25.3 Å². The first kappa shape index (κ1) is 30.8.